The van der Waals surface area contributed by atoms with Gasteiger partial charge in [0.25, 0.3) is 0 Å². The van der Waals surface area contributed by atoms with Crippen molar-refractivity contribution in [1.29, 1.82) is 0 Å². The number of carbonyl (C=O) groups excluding carboxylic acids is 2. The summed E-state index contributed by atoms with van der Waals surface area (Å²) in [5.41, 5.74) is 2.40. The molecule has 0 fully saturated rings. The van der Waals surface area contributed by atoms with Crippen molar-refractivity contribution >= 4 is 52.6 Å². The average molecular weight is 396 g/mol. The van der Waals surface area contributed by atoms with Gasteiger partial charge in [0.05, 0.1) is 11.4 Å². The Hall–Kier alpha value is -1.66. The number of carbonyl (C=O) groups is 2. The van der Waals surface area contributed by atoms with E-state index in [1.165, 1.54) is 0 Å². The van der Waals surface area contributed by atoms with Crippen LogP contribution in [0.2, 0.25) is 0 Å². The molecule has 0 aromatic heterocycles. The van der Waals surface area contributed by atoms with Gasteiger partial charge in [-0.15, -0.1) is 0 Å². The van der Waals surface area contributed by atoms with E-state index in [9.17, 15) is 9.59 Å². The Morgan fingerprint density at radius 3 is 1.20 bits per heavy atom. The molecule has 0 heterocycles. The van der Waals surface area contributed by atoms with Gasteiger partial charge < -0.3 is 0 Å². The first-order chi connectivity index (χ1) is 9.56. The molecule has 2 aromatic rings. The lowest BCUT2D eigenvalue weighted by Crippen LogP contribution is -1.85. The number of hydrogen-bond donors (Lipinski definition) is 0. The van der Waals surface area contributed by atoms with Gasteiger partial charge in [-0.25, -0.2) is 0 Å². The van der Waals surface area contributed by atoms with Crippen molar-refractivity contribution in [3.05, 3.63) is 59.7 Å². The molecule has 0 unspecified atom stereocenters. The fourth-order valence-corrected chi connectivity index (χ4v) is 1.96. The summed E-state index contributed by atoms with van der Waals surface area (Å²) in [5.74, 6) is 0. The van der Waals surface area contributed by atoms with Crippen LogP contribution in [0.4, 0.5) is 11.4 Å². The minimum atomic E-state index is -0.170. The van der Waals surface area contributed by atoms with Crippen LogP contribution >= 0.6 is 31.9 Å². The Morgan fingerprint density at radius 1 is 0.650 bits per heavy atom. The molecule has 0 N–H and O–H groups in total. The SMILES string of the molecule is O=C(Br)c1ccc(N=Nc2ccc(C(=O)Br)cc2)cc1. The molecule has 4 nitrogen and oxygen atoms in total. The van der Waals surface area contributed by atoms with Crippen molar-refractivity contribution in [2.75, 3.05) is 0 Å². The van der Waals surface area contributed by atoms with E-state index in [1.807, 2.05) is 0 Å². The highest BCUT2D eigenvalue weighted by atomic mass is 79.9. The molecule has 0 aliphatic rings. The third-order valence-electron chi connectivity index (χ3n) is 2.47. The minimum absolute atomic E-state index is 0.170. The normalized spacial score (nSPS) is 10.7. The van der Waals surface area contributed by atoms with Crippen molar-refractivity contribution < 1.29 is 9.59 Å². The second kappa shape index (κ2) is 6.67. The first-order valence-corrected chi connectivity index (χ1v) is 7.16. The molecule has 6 heteroatoms. The molecule has 0 saturated heterocycles. The topological polar surface area (TPSA) is 58.9 Å². The summed E-state index contributed by atoms with van der Waals surface area (Å²) >= 11 is 5.75. The summed E-state index contributed by atoms with van der Waals surface area (Å²) in [7, 11) is 0. The summed E-state index contributed by atoms with van der Waals surface area (Å²) in [5, 5.41) is 8.11. The zero-order valence-corrected chi connectivity index (χ0v) is 13.3. The van der Waals surface area contributed by atoms with Crippen LogP contribution < -0.4 is 0 Å². The Balaban J connectivity index is 2.12. The van der Waals surface area contributed by atoms with Crippen LogP contribution in [0.25, 0.3) is 0 Å². The Kier molecular flexibility index (Phi) is 4.92. The van der Waals surface area contributed by atoms with Gasteiger partial charge in [-0.1, -0.05) is 0 Å². The van der Waals surface area contributed by atoms with Gasteiger partial charge in [0.2, 0.25) is 9.39 Å². The highest BCUT2D eigenvalue weighted by Crippen LogP contribution is 2.20. The van der Waals surface area contributed by atoms with Crippen LogP contribution in [-0.2, 0) is 0 Å². The van der Waals surface area contributed by atoms with Crippen LogP contribution in [-0.4, -0.2) is 9.39 Å². The van der Waals surface area contributed by atoms with E-state index in [1.54, 1.807) is 48.5 Å². The van der Waals surface area contributed by atoms with Crippen molar-refractivity contribution in [1.82, 2.24) is 0 Å². The van der Waals surface area contributed by atoms with Gasteiger partial charge in [0, 0.05) is 11.1 Å². The van der Waals surface area contributed by atoms with Crippen molar-refractivity contribution in [2.45, 2.75) is 0 Å². The molecule has 20 heavy (non-hydrogen) atoms. The molecule has 0 radical (unpaired) electrons. The lowest BCUT2D eigenvalue weighted by Gasteiger charge is -1.96. The van der Waals surface area contributed by atoms with Crippen molar-refractivity contribution in [2.24, 2.45) is 10.2 Å². The molecular weight excluding hydrogens is 388 g/mol. The van der Waals surface area contributed by atoms with E-state index >= 15 is 0 Å². The molecule has 2 rings (SSSR count). The van der Waals surface area contributed by atoms with E-state index in [0.29, 0.717) is 22.5 Å². The van der Waals surface area contributed by atoms with E-state index in [4.69, 9.17) is 0 Å². The predicted octanol–water partition coefficient (Wildman–Crippen LogP) is 5.17. The van der Waals surface area contributed by atoms with Crippen LogP contribution in [0.5, 0.6) is 0 Å². The summed E-state index contributed by atoms with van der Waals surface area (Å²) in [6.45, 7) is 0. The maximum absolute atomic E-state index is 11.1. The number of rotatable bonds is 4. The van der Waals surface area contributed by atoms with Gasteiger partial charge in [-0.05, 0) is 80.4 Å². The summed E-state index contributed by atoms with van der Waals surface area (Å²) in [6.07, 6.45) is 0. The standard InChI is InChI=1S/C14H8Br2N2O2/c15-13(19)9-1-5-11(6-2-9)17-18-12-7-3-10(4-8-12)14(16)20/h1-8H. The summed E-state index contributed by atoms with van der Waals surface area (Å²) < 4.78 is -0.341. The maximum Gasteiger partial charge on any atom is 0.228 e. The molecule has 0 bridgehead atoms. The number of nitrogens with zero attached hydrogens (tertiary/aromatic N) is 2. The number of azo groups is 1. The monoisotopic (exact) mass is 394 g/mol. The first kappa shape index (κ1) is 14.7. The minimum Gasteiger partial charge on any atom is -0.281 e. The molecular formula is C14H8Br2N2O2. The molecule has 0 amide bonds. The number of hydrogen-bond acceptors (Lipinski definition) is 4. The quantitative estimate of drug-likeness (QED) is 0.529. The molecule has 0 saturated carbocycles. The summed E-state index contributed by atoms with van der Waals surface area (Å²) in [4.78, 5) is 22.1. The maximum atomic E-state index is 11.1. The van der Waals surface area contributed by atoms with E-state index in [2.05, 4.69) is 42.1 Å². The molecule has 0 spiro atoms. The fraction of sp³-hybridized carbons (Fsp3) is 0. The van der Waals surface area contributed by atoms with Gasteiger partial charge in [0.15, 0.2) is 0 Å². The van der Waals surface area contributed by atoms with Crippen LogP contribution in [0.15, 0.2) is 58.8 Å². The molecule has 2 aromatic carbocycles. The lowest BCUT2D eigenvalue weighted by atomic mass is 10.2. The fourth-order valence-electron chi connectivity index (χ4n) is 1.43. The van der Waals surface area contributed by atoms with Crippen LogP contribution in [0.1, 0.15) is 20.7 Å². The van der Waals surface area contributed by atoms with Crippen molar-refractivity contribution in [3.8, 4) is 0 Å². The zero-order chi connectivity index (χ0) is 14.5. The lowest BCUT2D eigenvalue weighted by molar-refractivity contribution is 0.108. The molecule has 0 aliphatic carbocycles. The highest BCUT2D eigenvalue weighted by molar-refractivity contribution is 9.18. The molecule has 100 valence electrons. The zero-order valence-electron chi connectivity index (χ0n) is 10.1. The van der Waals surface area contributed by atoms with Crippen LogP contribution in [0, 0.1) is 0 Å². The number of benzene rings is 2. The Labute approximate surface area is 132 Å². The highest BCUT2D eigenvalue weighted by Gasteiger charge is 2.01. The Morgan fingerprint density at radius 2 is 0.950 bits per heavy atom. The Bertz CT molecular complexity index is 605. The van der Waals surface area contributed by atoms with Gasteiger partial charge in [-0.3, -0.25) is 9.59 Å². The van der Waals surface area contributed by atoms with Gasteiger partial charge in [-0.2, -0.15) is 10.2 Å². The average Bonchev–Trinajstić information content (AvgIpc) is 2.46. The number of halogens is 2. The third kappa shape index (κ3) is 3.91. The molecule has 0 aliphatic heterocycles. The third-order valence-corrected chi connectivity index (χ3v) is 3.39. The smallest absolute Gasteiger partial charge is 0.228 e. The summed E-state index contributed by atoms with van der Waals surface area (Å²) in [6, 6.07) is 13.5. The van der Waals surface area contributed by atoms with E-state index in [0.717, 1.165) is 0 Å². The van der Waals surface area contributed by atoms with Crippen molar-refractivity contribution in [3.63, 3.8) is 0 Å². The van der Waals surface area contributed by atoms with E-state index < -0.39 is 0 Å². The molecule has 0 atom stereocenters. The van der Waals surface area contributed by atoms with E-state index in [-0.39, 0.29) is 9.39 Å². The first-order valence-electron chi connectivity index (χ1n) is 5.58. The van der Waals surface area contributed by atoms with Gasteiger partial charge in [0.1, 0.15) is 0 Å². The van der Waals surface area contributed by atoms with Crippen LogP contribution in [0.3, 0.4) is 0 Å². The predicted molar refractivity (Wildman–Crippen MR) is 83.6 cm³/mol. The van der Waals surface area contributed by atoms with Gasteiger partial charge >= 0.3 is 0 Å². The second-order valence-electron chi connectivity index (χ2n) is 3.84. The second-order valence-corrected chi connectivity index (χ2v) is 5.28. The largest absolute Gasteiger partial charge is 0.281 e.